The van der Waals surface area contributed by atoms with Crippen molar-refractivity contribution in [3.8, 4) is 0 Å². The number of rotatable bonds is 9. The first-order chi connectivity index (χ1) is 20.1. The molecule has 42 heavy (non-hydrogen) atoms. The summed E-state index contributed by atoms with van der Waals surface area (Å²) >= 11 is 15.9. The number of esters is 2. The van der Waals surface area contributed by atoms with Crippen LogP contribution in [0.3, 0.4) is 0 Å². The van der Waals surface area contributed by atoms with E-state index < -0.39 is 11.9 Å². The SMILES string of the molecule is CCOC(=O)c1c(NC(C)=O)sc2c1CCC(/C=N/N=C/C1=C(Cl)c3sc(NC(C)=O)c(C(=O)OCC)c3CC1)=C2Cl. The maximum atomic E-state index is 12.6. The molecular weight excluding hydrogens is 623 g/mol. The second kappa shape index (κ2) is 13.8. The zero-order valence-electron chi connectivity index (χ0n) is 23.3. The molecule has 2 aromatic rings. The van der Waals surface area contributed by atoms with Crippen LogP contribution >= 0.6 is 45.9 Å². The summed E-state index contributed by atoms with van der Waals surface area (Å²) < 4.78 is 10.4. The van der Waals surface area contributed by atoms with Crippen molar-refractivity contribution in [2.75, 3.05) is 23.8 Å². The Morgan fingerprint density at radius 1 is 0.738 bits per heavy atom. The Morgan fingerprint density at radius 2 is 1.12 bits per heavy atom. The third-order valence-corrected chi connectivity index (χ3v) is 9.71. The van der Waals surface area contributed by atoms with Crippen LogP contribution in [0.15, 0.2) is 21.3 Å². The highest BCUT2D eigenvalue weighted by molar-refractivity contribution is 7.19. The fourth-order valence-electron chi connectivity index (χ4n) is 4.58. The summed E-state index contributed by atoms with van der Waals surface area (Å²) in [6.45, 7) is 6.59. The van der Waals surface area contributed by atoms with Gasteiger partial charge in [-0.2, -0.15) is 10.2 Å². The topological polar surface area (TPSA) is 136 Å². The number of hydrogen-bond donors (Lipinski definition) is 2. The first-order valence-electron chi connectivity index (χ1n) is 13.1. The molecule has 0 fully saturated rings. The minimum Gasteiger partial charge on any atom is -0.462 e. The number of anilines is 2. The smallest absolute Gasteiger partial charge is 0.341 e. The number of ether oxygens (including phenoxy) is 2. The van der Waals surface area contributed by atoms with Gasteiger partial charge in [0.15, 0.2) is 0 Å². The summed E-state index contributed by atoms with van der Waals surface area (Å²) in [6, 6.07) is 0. The second-order valence-electron chi connectivity index (χ2n) is 9.20. The maximum Gasteiger partial charge on any atom is 0.341 e. The van der Waals surface area contributed by atoms with Crippen LogP contribution in [0, 0.1) is 0 Å². The molecule has 0 saturated carbocycles. The molecule has 0 unspecified atom stereocenters. The molecule has 222 valence electrons. The monoisotopic (exact) mass is 650 g/mol. The van der Waals surface area contributed by atoms with Crippen molar-refractivity contribution >= 4 is 102 Å². The van der Waals surface area contributed by atoms with E-state index in [0.717, 1.165) is 22.3 Å². The minimum absolute atomic E-state index is 0.208. The number of amides is 2. The van der Waals surface area contributed by atoms with Crippen molar-refractivity contribution in [1.82, 2.24) is 0 Å². The highest BCUT2D eigenvalue weighted by atomic mass is 35.5. The molecule has 4 rings (SSSR count). The summed E-state index contributed by atoms with van der Waals surface area (Å²) in [5, 5.41) is 15.4. The van der Waals surface area contributed by atoms with Crippen LogP contribution in [-0.4, -0.2) is 49.4 Å². The number of fused-ring (bicyclic) bond motifs is 2. The number of carbonyl (C=O) groups excluding carboxylic acids is 4. The number of allylic oxidation sites excluding steroid dienone is 2. The van der Waals surface area contributed by atoms with E-state index in [1.54, 1.807) is 26.3 Å². The van der Waals surface area contributed by atoms with Crippen molar-refractivity contribution in [1.29, 1.82) is 0 Å². The lowest BCUT2D eigenvalue weighted by Crippen LogP contribution is -2.13. The normalized spacial score (nSPS) is 14.7. The molecule has 0 spiro atoms. The Bertz CT molecular complexity index is 1470. The summed E-state index contributed by atoms with van der Waals surface area (Å²) in [7, 11) is 0. The quantitative estimate of drug-likeness (QED) is 0.178. The summed E-state index contributed by atoms with van der Waals surface area (Å²) in [4.78, 5) is 50.1. The average molecular weight is 652 g/mol. The standard InChI is InChI=1S/C28H28Cl2N4O6S2/c1-5-39-27(37)19-17-9-7-15(21(29)23(17)41-25(19)33-13(3)35)11-31-32-12-16-8-10-18-20(28(38)40-6-2)26(34-14(4)36)42-24(18)22(16)30/h11-12H,5-10H2,1-4H3,(H,33,35)(H,34,36)/b31-11+,32-12+. The Morgan fingerprint density at radius 3 is 1.45 bits per heavy atom. The van der Waals surface area contributed by atoms with Crippen LogP contribution in [0.5, 0.6) is 0 Å². The zero-order valence-corrected chi connectivity index (χ0v) is 26.5. The molecule has 2 heterocycles. The average Bonchev–Trinajstić information content (AvgIpc) is 3.47. The van der Waals surface area contributed by atoms with Gasteiger partial charge in [-0.15, -0.1) is 22.7 Å². The van der Waals surface area contributed by atoms with Crippen LogP contribution in [0.1, 0.15) is 82.1 Å². The van der Waals surface area contributed by atoms with Gasteiger partial charge in [0.2, 0.25) is 11.8 Å². The first-order valence-corrected chi connectivity index (χ1v) is 15.5. The molecular formula is C28H28Cl2N4O6S2. The van der Waals surface area contributed by atoms with Gasteiger partial charge in [0.05, 0.1) is 56.6 Å². The van der Waals surface area contributed by atoms with Gasteiger partial charge in [-0.1, -0.05) is 23.2 Å². The van der Waals surface area contributed by atoms with E-state index in [1.165, 1.54) is 36.5 Å². The molecule has 0 aliphatic heterocycles. The van der Waals surface area contributed by atoms with E-state index in [-0.39, 0.29) is 25.0 Å². The Labute approximate surface area is 260 Å². The van der Waals surface area contributed by atoms with Crippen LogP contribution < -0.4 is 10.6 Å². The molecule has 10 nitrogen and oxygen atoms in total. The van der Waals surface area contributed by atoms with Gasteiger partial charge >= 0.3 is 11.9 Å². The number of carbonyl (C=O) groups is 4. The third kappa shape index (κ3) is 6.67. The maximum absolute atomic E-state index is 12.6. The minimum atomic E-state index is -0.505. The van der Waals surface area contributed by atoms with Crippen molar-refractivity contribution in [2.24, 2.45) is 10.2 Å². The molecule has 0 aromatic carbocycles. The Balaban J connectivity index is 1.59. The molecule has 0 atom stereocenters. The van der Waals surface area contributed by atoms with Crippen molar-refractivity contribution in [3.63, 3.8) is 0 Å². The van der Waals surface area contributed by atoms with Crippen LogP contribution in [0.25, 0.3) is 10.1 Å². The molecule has 2 N–H and O–H groups in total. The molecule has 14 heteroatoms. The van der Waals surface area contributed by atoms with Gasteiger partial charge in [0.1, 0.15) is 10.0 Å². The number of nitrogens with zero attached hydrogens (tertiary/aromatic N) is 2. The highest BCUT2D eigenvalue weighted by Crippen LogP contribution is 2.46. The van der Waals surface area contributed by atoms with Crippen LogP contribution in [0.4, 0.5) is 10.0 Å². The summed E-state index contributed by atoms with van der Waals surface area (Å²) in [5.41, 5.74) is 3.60. The fourth-order valence-corrected chi connectivity index (χ4v) is 7.83. The van der Waals surface area contributed by atoms with E-state index in [9.17, 15) is 19.2 Å². The lowest BCUT2D eigenvalue weighted by atomic mass is 9.95. The van der Waals surface area contributed by atoms with Gasteiger partial charge in [-0.25, -0.2) is 9.59 Å². The molecule has 2 aliphatic carbocycles. The van der Waals surface area contributed by atoms with Gasteiger partial charge in [-0.3, -0.25) is 9.59 Å². The lowest BCUT2D eigenvalue weighted by Gasteiger charge is -2.15. The third-order valence-electron chi connectivity index (χ3n) is 6.30. The van der Waals surface area contributed by atoms with Gasteiger partial charge < -0.3 is 20.1 Å². The van der Waals surface area contributed by atoms with Crippen molar-refractivity contribution in [3.05, 3.63) is 43.2 Å². The lowest BCUT2D eigenvalue weighted by molar-refractivity contribution is -0.115. The molecule has 0 radical (unpaired) electrons. The molecule has 2 amide bonds. The van der Waals surface area contributed by atoms with Gasteiger partial charge in [0.25, 0.3) is 0 Å². The molecule has 2 aromatic heterocycles. The van der Waals surface area contributed by atoms with Crippen molar-refractivity contribution < 1.29 is 28.7 Å². The van der Waals surface area contributed by atoms with E-state index >= 15 is 0 Å². The van der Waals surface area contributed by atoms with Crippen LogP contribution in [-0.2, 0) is 31.9 Å². The number of hydrogen-bond acceptors (Lipinski definition) is 10. The number of halogens is 2. The van der Waals surface area contributed by atoms with E-state index in [2.05, 4.69) is 20.8 Å². The summed E-state index contributed by atoms with van der Waals surface area (Å²) in [6.07, 6.45) is 5.17. The number of thiophene rings is 2. The largest absolute Gasteiger partial charge is 0.462 e. The first kappa shape index (κ1) is 31.6. The second-order valence-corrected chi connectivity index (χ2v) is 12.0. The molecule has 2 aliphatic rings. The predicted molar refractivity (Wildman–Crippen MR) is 168 cm³/mol. The van der Waals surface area contributed by atoms with E-state index in [4.69, 9.17) is 32.7 Å². The van der Waals surface area contributed by atoms with Crippen LogP contribution in [0.2, 0.25) is 0 Å². The van der Waals surface area contributed by atoms with Gasteiger partial charge in [0, 0.05) is 13.8 Å². The van der Waals surface area contributed by atoms with E-state index in [1.807, 2.05) is 0 Å². The predicted octanol–water partition coefficient (Wildman–Crippen LogP) is 6.63. The molecule has 0 saturated heterocycles. The Kier molecular flexibility index (Phi) is 10.4. The van der Waals surface area contributed by atoms with Gasteiger partial charge in [-0.05, 0) is 61.8 Å². The Hall–Kier alpha value is -3.32. The zero-order chi connectivity index (χ0) is 30.6. The number of nitrogens with one attached hydrogen (secondary N) is 2. The highest BCUT2D eigenvalue weighted by Gasteiger charge is 2.31. The van der Waals surface area contributed by atoms with Crippen molar-refractivity contribution in [2.45, 2.75) is 53.4 Å². The molecule has 0 bridgehead atoms. The summed E-state index contributed by atoms with van der Waals surface area (Å²) in [5.74, 6) is -1.61. The van der Waals surface area contributed by atoms with E-state index in [0.29, 0.717) is 66.6 Å². The fraction of sp³-hybridized carbons (Fsp3) is 0.357.